The highest BCUT2D eigenvalue weighted by atomic mass is 16.7. The van der Waals surface area contributed by atoms with Gasteiger partial charge in [-0.15, -0.1) is 0 Å². The van der Waals surface area contributed by atoms with Crippen molar-refractivity contribution in [3.63, 3.8) is 0 Å². The fraction of sp³-hybridized carbons (Fsp3) is 0.176. The lowest BCUT2D eigenvalue weighted by Crippen LogP contribution is -1.93. The molecule has 3 aromatic rings. The van der Waals surface area contributed by atoms with Crippen LogP contribution in [0.25, 0.3) is 22.6 Å². The van der Waals surface area contributed by atoms with Gasteiger partial charge in [-0.05, 0) is 18.2 Å². The zero-order chi connectivity index (χ0) is 16.5. The predicted octanol–water partition coefficient (Wildman–Crippen LogP) is 3.15. The number of rotatable bonds is 4. The van der Waals surface area contributed by atoms with Crippen LogP contribution in [0, 0.1) is 0 Å². The molecule has 122 valence electrons. The Labute approximate surface area is 137 Å². The molecule has 0 bridgehead atoms. The highest BCUT2D eigenvalue weighted by molar-refractivity contribution is 5.71. The monoisotopic (exact) mass is 326 g/mol. The predicted molar refractivity (Wildman–Crippen MR) is 84.4 cm³/mol. The minimum atomic E-state index is 0.175. The van der Waals surface area contributed by atoms with E-state index in [1.165, 1.54) is 0 Å². The van der Waals surface area contributed by atoms with Crippen LogP contribution in [-0.2, 0) is 0 Å². The molecule has 7 nitrogen and oxygen atoms in total. The summed E-state index contributed by atoms with van der Waals surface area (Å²) in [6.07, 6.45) is 1.68. The molecule has 1 aliphatic rings. The van der Waals surface area contributed by atoms with Crippen molar-refractivity contribution >= 4 is 0 Å². The Balaban J connectivity index is 1.69. The lowest BCUT2D eigenvalue weighted by molar-refractivity contribution is 0.171. The van der Waals surface area contributed by atoms with Crippen LogP contribution in [0.5, 0.6) is 23.1 Å². The Kier molecular flexibility index (Phi) is 3.45. The van der Waals surface area contributed by atoms with Gasteiger partial charge in [-0.1, -0.05) is 5.16 Å². The molecule has 3 heterocycles. The number of hydrogen-bond donors (Lipinski definition) is 0. The zero-order valence-corrected chi connectivity index (χ0v) is 13.1. The summed E-state index contributed by atoms with van der Waals surface area (Å²) in [5.41, 5.74) is 2.30. The third-order valence-electron chi connectivity index (χ3n) is 3.69. The van der Waals surface area contributed by atoms with Crippen LogP contribution in [0.4, 0.5) is 0 Å². The van der Waals surface area contributed by atoms with Gasteiger partial charge in [0.15, 0.2) is 17.3 Å². The van der Waals surface area contributed by atoms with Gasteiger partial charge < -0.3 is 23.5 Å². The quantitative estimate of drug-likeness (QED) is 0.729. The van der Waals surface area contributed by atoms with Crippen LogP contribution in [0.2, 0.25) is 0 Å². The SMILES string of the molecule is COc1ccc(-c2cc(-c3cc(OC)c4c(c3)OCO4)on2)cn1. The van der Waals surface area contributed by atoms with Crippen molar-refractivity contribution in [2.75, 3.05) is 21.0 Å². The van der Waals surface area contributed by atoms with Crippen molar-refractivity contribution in [3.8, 4) is 45.7 Å². The van der Waals surface area contributed by atoms with E-state index in [1.54, 1.807) is 26.5 Å². The lowest BCUT2D eigenvalue weighted by Gasteiger charge is -2.06. The molecule has 0 aliphatic carbocycles. The number of hydrogen-bond acceptors (Lipinski definition) is 7. The molecule has 0 amide bonds. The lowest BCUT2D eigenvalue weighted by atomic mass is 10.1. The van der Waals surface area contributed by atoms with Crippen LogP contribution in [0.1, 0.15) is 0 Å². The maximum Gasteiger partial charge on any atom is 0.231 e. The first-order chi connectivity index (χ1) is 11.8. The van der Waals surface area contributed by atoms with Crippen LogP contribution < -0.4 is 18.9 Å². The summed E-state index contributed by atoms with van der Waals surface area (Å²) in [4.78, 5) is 4.17. The molecule has 7 heteroatoms. The molecule has 1 aromatic carbocycles. The van der Waals surface area contributed by atoms with Crippen LogP contribution >= 0.6 is 0 Å². The van der Waals surface area contributed by atoms with Gasteiger partial charge in [0.1, 0.15) is 5.69 Å². The molecule has 0 radical (unpaired) electrons. The fourth-order valence-electron chi connectivity index (χ4n) is 2.47. The molecule has 0 atom stereocenters. The molecular weight excluding hydrogens is 312 g/mol. The topological polar surface area (TPSA) is 75.8 Å². The van der Waals surface area contributed by atoms with E-state index in [1.807, 2.05) is 24.3 Å². The van der Waals surface area contributed by atoms with E-state index in [9.17, 15) is 0 Å². The molecule has 24 heavy (non-hydrogen) atoms. The van der Waals surface area contributed by atoms with Gasteiger partial charge in [-0.3, -0.25) is 0 Å². The van der Waals surface area contributed by atoms with Crippen molar-refractivity contribution in [1.29, 1.82) is 0 Å². The second-order valence-electron chi connectivity index (χ2n) is 5.08. The molecule has 0 N–H and O–H groups in total. The van der Waals surface area contributed by atoms with Crippen molar-refractivity contribution < 1.29 is 23.5 Å². The van der Waals surface area contributed by atoms with Gasteiger partial charge in [0.05, 0.1) is 14.2 Å². The van der Waals surface area contributed by atoms with E-state index in [2.05, 4.69) is 10.1 Å². The number of pyridine rings is 1. The molecule has 0 spiro atoms. The van der Waals surface area contributed by atoms with E-state index in [4.69, 9.17) is 23.5 Å². The maximum atomic E-state index is 5.46. The molecule has 0 saturated carbocycles. The second kappa shape index (κ2) is 5.77. The van der Waals surface area contributed by atoms with Gasteiger partial charge in [0, 0.05) is 29.5 Å². The first-order valence-electron chi connectivity index (χ1n) is 7.23. The highest BCUT2D eigenvalue weighted by Gasteiger charge is 2.22. The summed E-state index contributed by atoms with van der Waals surface area (Å²) >= 11 is 0. The van der Waals surface area contributed by atoms with Gasteiger partial charge in [-0.25, -0.2) is 4.98 Å². The smallest absolute Gasteiger partial charge is 0.231 e. The number of methoxy groups -OCH3 is 2. The van der Waals surface area contributed by atoms with Crippen molar-refractivity contribution in [2.24, 2.45) is 0 Å². The van der Waals surface area contributed by atoms with E-state index in [0.29, 0.717) is 34.6 Å². The van der Waals surface area contributed by atoms with Gasteiger partial charge in [0.2, 0.25) is 18.4 Å². The van der Waals surface area contributed by atoms with Crippen LogP contribution in [0.3, 0.4) is 0 Å². The first kappa shape index (κ1) is 14.4. The first-order valence-corrected chi connectivity index (χ1v) is 7.23. The van der Waals surface area contributed by atoms with Crippen molar-refractivity contribution in [1.82, 2.24) is 10.1 Å². The third kappa shape index (κ3) is 2.40. The van der Waals surface area contributed by atoms with Crippen LogP contribution in [0.15, 0.2) is 41.1 Å². The summed E-state index contributed by atoms with van der Waals surface area (Å²) in [6, 6.07) is 9.13. The summed E-state index contributed by atoms with van der Waals surface area (Å²) in [5.74, 6) is 2.94. The fourth-order valence-corrected chi connectivity index (χ4v) is 2.47. The molecule has 0 saturated heterocycles. The Morgan fingerprint density at radius 2 is 1.92 bits per heavy atom. The van der Waals surface area contributed by atoms with E-state index < -0.39 is 0 Å². The molecule has 0 unspecified atom stereocenters. The molecule has 4 rings (SSSR count). The zero-order valence-electron chi connectivity index (χ0n) is 13.1. The summed E-state index contributed by atoms with van der Waals surface area (Å²) in [6.45, 7) is 0.175. The molecule has 1 aliphatic heterocycles. The minimum Gasteiger partial charge on any atom is -0.493 e. The van der Waals surface area contributed by atoms with Gasteiger partial charge in [0.25, 0.3) is 0 Å². The third-order valence-corrected chi connectivity index (χ3v) is 3.69. The Morgan fingerprint density at radius 1 is 1.00 bits per heavy atom. The normalized spacial score (nSPS) is 12.2. The van der Waals surface area contributed by atoms with Crippen molar-refractivity contribution in [2.45, 2.75) is 0 Å². The van der Waals surface area contributed by atoms with Gasteiger partial charge >= 0.3 is 0 Å². The summed E-state index contributed by atoms with van der Waals surface area (Å²) in [7, 11) is 3.15. The number of benzene rings is 1. The average Bonchev–Trinajstić information content (AvgIpc) is 3.30. The van der Waals surface area contributed by atoms with Gasteiger partial charge in [-0.2, -0.15) is 0 Å². The summed E-state index contributed by atoms with van der Waals surface area (Å²) in [5, 5.41) is 4.10. The number of ether oxygens (including phenoxy) is 4. The van der Waals surface area contributed by atoms with Crippen molar-refractivity contribution in [3.05, 3.63) is 36.5 Å². The molecule has 0 fully saturated rings. The standard InChI is InChI=1S/C17H14N2O5/c1-20-14-5-11(6-15-17(14)23-9-22-15)13-7-12(19-24-13)10-3-4-16(21-2)18-8-10/h3-8H,9H2,1-2H3. The number of fused-ring (bicyclic) bond motifs is 1. The Hall–Kier alpha value is -3.22. The van der Waals surface area contributed by atoms with E-state index in [-0.39, 0.29) is 6.79 Å². The maximum absolute atomic E-state index is 5.46. The number of aromatic nitrogens is 2. The number of nitrogens with zero attached hydrogens (tertiary/aromatic N) is 2. The summed E-state index contributed by atoms with van der Waals surface area (Å²) < 4.78 is 26.7. The second-order valence-corrected chi connectivity index (χ2v) is 5.08. The largest absolute Gasteiger partial charge is 0.493 e. The average molecular weight is 326 g/mol. The molecule has 2 aromatic heterocycles. The highest BCUT2D eigenvalue weighted by Crippen LogP contribution is 2.44. The Morgan fingerprint density at radius 3 is 2.67 bits per heavy atom. The van der Waals surface area contributed by atoms with Crippen LogP contribution in [-0.4, -0.2) is 31.2 Å². The van der Waals surface area contributed by atoms with E-state index in [0.717, 1.165) is 11.1 Å². The molecular formula is C17H14N2O5. The minimum absolute atomic E-state index is 0.175. The van der Waals surface area contributed by atoms with E-state index >= 15 is 0 Å². The Bertz CT molecular complexity index is 873.